The van der Waals surface area contributed by atoms with Gasteiger partial charge >= 0.3 is 12.1 Å². The van der Waals surface area contributed by atoms with Gasteiger partial charge in [0.25, 0.3) is 0 Å². The first-order valence-electron chi connectivity index (χ1n) is 10.0. The molecule has 4 amide bonds. The average molecular weight is 429 g/mol. The lowest BCUT2D eigenvalue weighted by molar-refractivity contribution is -0.00739. The monoisotopic (exact) mass is 428 g/mol. The topological polar surface area (TPSA) is 84.9 Å². The molecule has 0 radical (unpaired) electrons. The third-order valence-electron chi connectivity index (χ3n) is 5.67. The number of carbonyl (C=O) groups excluding carboxylic acids is 2. The van der Waals surface area contributed by atoms with Crippen molar-refractivity contribution in [3.63, 3.8) is 0 Å². The Balaban J connectivity index is 1.62. The summed E-state index contributed by atoms with van der Waals surface area (Å²) in [4.78, 5) is 29.2. The third kappa shape index (κ3) is 3.59. The normalized spacial score (nSPS) is 22.1. The van der Waals surface area contributed by atoms with Crippen molar-refractivity contribution in [1.82, 2.24) is 10.2 Å². The van der Waals surface area contributed by atoms with E-state index < -0.39 is 0 Å². The zero-order valence-electron chi connectivity index (χ0n) is 16.9. The van der Waals surface area contributed by atoms with Crippen molar-refractivity contribution >= 4 is 35.0 Å². The molecular weight excluding hydrogens is 404 g/mol. The molecule has 7 nitrogen and oxygen atoms in total. The van der Waals surface area contributed by atoms with E-state index in [1.165, 1.54) is 0 Å². The average Bonchev–Trinajstić information content (AvgIpc) is 2.69. The number of hydrogen-bond acceptors (Lipinski definition) is 3. The molecule has 4 rings (SSSR count). The highest BCUT2D eigenvalue weighted by Gasteiger charge is 2.55. The summed E-state index contributed by atoms with van der Waals surface area (Å²) in [6, 6.07) is 13.6. The standard InChI is InChI=1S/C22H25ClN4O3/c1-13(2)24-22(30)27-18-11-26(21(29)25-15-9-7-14(23)8-10-15)17-6-4-3-5-16(17)20(18)19(27)12-28/h3-10,13,18-20,28H,11-12H2,1-2H3,(H,24,30)(H,25,29)/t18-,19+,20+/m1/s1. The van der Waals surface area contributed by atoms with Crippen molar-refractivity contribution in [2.75, 3.05) is 23.4 Å². The molecule has 2 aromatic rings. The van der Waals surface area contributed by atoms with Crippen molar-refractivity contribution in [3.05, 3.63) is 59.1 Å². The Bertz CT molecular complexity index is 950. The summed E-state index contributed by atoms with van der Waals surface area (Å²) in [5, 5.41) is 16.4. The third-order valence-corrected chi connectivity index (χ3v) is 5.93. The molecule has 1 saturated heterocycles. The van der Waals surface area contributed by atoms with Crippen LogP contribution in [0.25, 0.3) is 0 Å². The summed E-state index contributed by atoms with van der Waals surface area (Å²) in [7, 11) is 0. The molecule has 1 fully saturated rings. The van der Waals surface area contributed by atoms with E-state index >= 15 is 0 Å². The van der Waals surface area contributed by atoms with Gasteiger partial charge in [-0.2, -0.15) is 0 Å². The minimum absolute atomic E-state index is 0.0105. The number of nitrogens with one attached hydrogen (secondary N) is 2. The van der Waals surface area contributed by atoms with Gasteiger partial charge in [0.2, 0.25) is 0 Å². The number of carbonyl (C=O) groups is 2. The first kappa shape index (κ1) is 20.5. The zero-order valence-corrected chi connectivity index (χ0v) is 17.6. The summed E-state index contributed by atoms with van der Waals surface area (Å²) >= 11 is 5.93. The van der Waals surface area contributed by atoms with Crippen LogP contribution in [0.2, 0.25) is 5.02 Å². The number of rotatable bonds is 3. The van der Waals surface area contributed by atoms with Crippen LogP contribution in [-0.2, 0) is 0 Å². The Labute approximate surface area is 180 Å². The molecular formula is C22H25ClN4O3. The molecule has 0 unspecified atom stereocenters. The molecule has 2 aliphatic heterocycles. The quantitative estimate of drug-likeness (QED) is 0.697. The summed E-state index contributed by atoms with van der Waals surface area (Å²) in [6.45, 7) is 4.01. The fourth-order valence-electron chi connectivity index (χ4n) is 4.40. The number of likely N-dealkylation sites (tertiary alicyclic amines) is 1. The Kier molecular flexibility index (Phi) is 5.58. The fourth-order valence-corrected chi connectivity index (χ4v) is 4.53. The van der Waals surface area contributed by atoms with E-state index in [2.05, 4.69) is 10.6 Å². The lowest BCUT2D eigenvalue weighted by Crippen LogP contribution is -2.72. The van der Waals surface area contributed by atoms with Crippen molar-refractivity contribution < 1.29 is 14.7 Å². The van der Waals surface area contributed by atoms with Gasteiger partial charge in [-0.25, -0.2) is 9.59 Å². The second kappa shape index (κ2) is 8.16. The van der Waals surface area contributed by atoms with Gasteiger partial charge in [0.1, 0.15) is 0 Å². The molecule has 0 aliphatic carbocycles. The van der Waals surface area contributed by atoms with Crippen LogP contribution >= 0.6 is 11.6 Å². The number of anilines is 2. The van der Waals surface area contributed by atoms with Gasteiger partial charge < -0.3 is 20.6 Å². The van der Waals surface area contributed by atoms with Crippen LogP contribution in [0.3, 0.4) is 0 Å². The van der Waals surface area contributed by atoms with Gasteiger partial charge in [0.15, 0.2) is 0 Å². The van der Waals surface area contributed by atoms with Crippen LogP contribution in [0.5, 0.6) is 0 Å². The number of halogens is 1. The Morgan fingerprint density at radius 2 is 1.83 bits per heavy atom. The van der Waals surface area contributed by atoms with Gasteiger partial charge in [-0.3, -0.25) is 4.90 Å². The van der Waals surface area contributed by atoms with E-state index in [9.17, 15) is 14.7 Å². The largest absolute Gasteiger partial charge is 0.394 e. The molecule has 3 N–H and O–H groups in total. The van der Waals surface area contributed by atoms with Crippen molar-refractivity contribution in [2.45, 2.75) is 37.9 Å². The van der Waals surface area contributed by atoms with Crippen LogP contribution in [0.1, 0.15) is 25.3 Å². The summed E-state index contributed by atoms with van der Waals surface area (Å²) < 4.78 is 0. The van der Waals surface area contributed by atoms with Crippen LogP contribution in [-0.4, -0.2) is 53.3 Å². The van der Waals surface area contributed by atoms with Gasteiger partial charge in [0, 0.05) is 34.9 Å². The lowest BCUT2D eigenvalue weighted by Gasteiger charge is -2.58. The second-order valence-electron chi connectivity index (χ2n) is 7.96. The van der Waals surface area contributed by atoms with E-state index in [0.717, 1.165) is 11.3 Å². The molecule has 0 saturated carbocycles. The highest BCUT2D eigenvalue weighted by molar-refractivity contribution is 6.30. The predicted octanol–water partition coefficient (Wildman–Crippen LogP) is 3.64. The maximum Gasteiger partial charge on any atom is 0.326 e. The highest BCUT2D eigenvalue weighted by Crippen LogP contribution is 2.48. The molecule has 158 valence electrons. The lowest BCUT2D eigenvalue weighted by atomic mass is 9.72. The summed E-state index contributed by atoms with van der Waals surface area (Å²) in [5.41, 5.74) is 2.40. The van der Waals surface area contributed by atoms with E-state index in [1.54, 1.807) is 34.1 Å². The number of benzene rings is 2. The van der Waals surface area contributed by atoms with Crippen molar-refractivity contribution in [1.29, 1.82) is 0 Å². The zero-order chi connectivity index (χ0) is 21.4. The second-order valence-corrected chi connectivity index (χ2v) is 8.40. The van der Waals surface area contributed by atoms with Crippen LogP contribution in [0.15, 0.2) is 48.5 Å². The molecule has 2 aromatic carbocycles. The smallest absolute Gasteiger partial charge is 0.326 e. The number of para-hydroxylation sites is 1. The Hall–Kier alpha value is -2.77. The van der Waals surface area contributed by atoms with Gasteiger partial charge in [0.05, 0.1) is 18.7 Å². The summed E-state index contributed by atoms with van der Waals surface area (Å²) in [6.07, 6.45) is 0. The molecule has 3 atom stereocenters. The molecule has 8 heteroatoms. The maximum atomic E-state index is 13.1. The number of aliphatic hydroxyl groups excluding tert-OH is 1. The highest BCUT2D eigenvalue weighted by atomic mass is 35.5. The van der Waals surface area contributed by atoms with E-state index in [0.29, 0.717) is 17.3 Å². The molecule has 2 heterocycles. The molecule has 30 heavy (non-hydrogen) atoms. The number of aliphatic hydroxyl groups is 1. The van der Waals surface area contributed by atoms with Crippen molar-refractivity contribution in [3.8, 4) is 0 Å². The first-order chi connectivity index (χ1) is 14.4. The van der Waals surface area contributed by atoms with E-state index in [1.807, 2.05) is 38.1 Å². The minimum Gasteiger partial charge on any atom is -0.394 e. The maximum absolute atomic E-state index is 13.1. The number of nitrogens with zero attached hydrogens (tertiary/aromatic N) is 2. The molecule has 0 bridgehead atoms. The van der Waals surface area contributed by atoms with Gasteiger partial charge in [-0.1, -0.05) is 29.8 Å². The number of urea groups is 2. The van der Waals surface area contributed by atoms with E-state index in [4.69, 9.17) is 11.6 Å². The predicted molar refractivity (Wildman–Crippen MR) is 117 cm³/mol. The number of fused-ring (bicyclic) bond motifs is 3. The minimum atomic E-state index is -0.309. The van der Waals surface area contributed by atoms with Crippen molar-refractivity contribution in [2.24, 2.45) is 0 Å². The Morgan fingerprint density at radius 1 is 1.13 bits per heavy atom. The van der Waals surface area contributed by atoms with Crippen LogP contribution < -0.4 is 15.5 Å². The molecule has 0 spiro atoms. The Morgan fingerprint density at radius 3 is 2.50 bits per heavy atom. The van der Waals surface area contributed by atoms with E-state index in [-0.39, 0.29) is 42.7 Å². The van der Waals surface area contributed by atoms with Crippen LogP contribution in [0, 0.1) is 0 Å². The SMILES string of the molecule is CC(C)NC(=O)N1[C@@H]2CN(C(=O)Nc3ccc(Cl)cc3)c3ccccc3[C@@H]2[C@@H]1CO. The van der Waals surface area contributed by atoms with Gasteiger partial charge in [-0.15, -0.1) is 0 Å². The van der Waals surface area contributed by atoms with Gasteiger partial charge in [-0.05, 0) is 49.7 Å². The molecule has 0 aromatic heterocycles. The summed E-state index contributed by atoms with van der Waals surface area (Å²) in [5.74, 6) is -0.0105. The van der Waals surface area contributed by atoms with Crippen LogP contribution in [0.4, 0.5) is 21.0 Å². The fraction of sp³-hybridized carbons (Fsp3) is 0.364. The molecule has 2 aliphatic rings. The first-order valence-corrected chi connectivity index (χ1v) is 10.4. The number of amides is 4. The number of hydrogen-bond donors (Lipinski definition) is 3.